The first-order chi connectivity index (χ1) is 9.51. The summed E-state index contributed by atoms with van der Waals surface area (Å²) >= 11 is 5.74. The summed E-state index contributed by atoms with van der Waals surface area (Å²) in [5.41, 5.74) is 1.59. The smallest absolute Gasteiger partial charge is 0.257 e. The molecule has 1 amide bonds. The maximum absolute atomic E-state index is 13.1. The largest absolute Gasteiger partial charge is 0.322 e. The highest BCUT2D eigenvalue weighted by Crippen LogP contribution is 2.21. The fourth-order valence-electron chi connectivity index (χ4n) is 1.72. The van der Waals surface area contributed by atoms with Gasteiger partial charge < -0.3 is 5.32 Å². The van der Waals surface area contributed by atoms with E-state index in [4.69, 9.17) is 11.6 Å². The van der Waals surface area contributed by atoms with Gasteiger partial charge in [-0.1, -0.05) is 30.7 Å². The Bertz CT molecular complexity index is 641. The molecule has 2 rings (SSSR count). The molecule has 20 heavy (non-hydrogen) atoms. The molecule has 0 aromatic heterocycles. The number of hydrogen-bond donors (Lipinski definition) is 1. The first-order valence-electron chi connectivity index (χ1n) is 6.06. The van der Waals surface area contributed by atoms with Gasteiger partial charge in [0.05, 0.1) is 10.6 Å². The van der Waals surface area contributed by atoms with Gasteiger partial charge in [-0.05, 0) is 36.2 Å². The van der Waals surface area contributed by atoms with Crippen molar-refractivity contribution in [1.82, 2.24) is 0 Å². The summed E-state index contributed by atoms with van der Waals surface area (Å²) in [5, 5.41) is 2.45. The van der Waals surface area contributed by atoms with Gasteiger partial charge in [0.2, 0.25) is 0 Å². The molecule has 0 spiro atoms. The Labute approximate surface area is 120 Å². The van der Waals surface area contributed by atoms with Crippen molar-refractivity contribution >= 4 is 23.2 Å². The predicted molar refractivity (Wildman–Crippen MR) is 75.1 cm³/mol. The van der Waals surface area contributed by atoms with E-state index in [0.29, 0.717) is 5.69 Å². The number of halogens is 3. The third-order valence-corrected chi connectivity index (χ3v) is 3.19. The zero-order valence-corrected chi connectivity index (χ0v) is 11.5. The number of rotatable bonds is 3. The molecule has 0 unspecified atom stereocenters. The fraction of sp³-hybridized carbons (Fsp3) is 0.133. The first kappa shape index (κ1) is 14.5. The Balaban J connectivity index is 2.21. The van der Waals surface area contributed by atoms with E-state index in [1.54, 1.807) is 12.1 Å². The van der Waals surface area contributed by atoms with Gasteiger partial charge in [-0.15, -0.1) is 0 Å². The lowest BCUT2D eigenvalue weighted by atomic mass is 10.1. The molecule has 1 N–H and O–H groups in total. The highest BCUT2D eigenvalue weighted by atomic mass is 35.5. The van der Waals surface area contributed by atoms with Crippen molar-refractivity contribution in [2.24, 2.45) is 0 Å². The number of nitrogens with one attached hydrogen (secondary N) is 1. The van der Waals surface area contributed by atoms with E-state index < -0.39 is 17.5 Å². The van der Waals surface area contributed by atoms with E-state index in [-0.39, 0.29) is 10.6 Å². The summed E-state index contributed by atoms with van der Waals surface area (Å²) < 4.78 is 26.1. The molecule has 0 aliphatic carbocycles. The maximum Gasteiger partial charge on any atom is 0.257 e. The second-order valence-electron chi connectivity index (χ2n) is 4.25. The van der Waals surface area contributed by atoms with Crippen LogP contribution in [0.4, 0.5) is 14.5 Å². The van der Waals surface area contributed by atoms with E-state index in [9.17, 15) is 13.6 Å². The Hall–Kier alpha value is -1.94. The SMILES string of the molecule is CCc1ccc(NC(=O)c2cc(F)c(F)cc2Cl)cc1. The van der Waals surface area contributed by atoms with Crippen LogP contribution in [0.15, 0.2) is 36.4 Å². The van der Waals surface area contributed by atoms with Crippen LogP contribution in [0.1, 0.15) is 22.8 Å². The number of amides is 1. The van der Waals surface area contributed by atoms with Crippen LogP contribution in [-0.2, 0) is 6.42 Å². The first-order valence-corrected chi connectivity index (χ1v) is 6.44. The molecule has 2 nitrogen and oxygen atoms in total. The molecule has 0 bridgehead atoms. The second kappa shape index (κ2) is 6.01. The number of hydrogen-bond acceptors (Lipinski definition) is 1. The summed E-state index contributed by atoms with van der Waals surface area (Å²) in [6.07, 6.45) is 0.892. The zero-order chi connectivity index (χ0) is 14.7. The van der Waals surface area contributed by atoms with Crippen molar-refractivity contribution in [2.45, 2.75) is 13.3 Å². The molecule has 0 saturated carbocycles. The van der Waals surface area contributed by atoms with Crippen LogP contribution in [0.5, 0.6) is 0 Å². The van der Waals surface area contributed by atoms with Crippen molar-refractivity contribution < 1.29 is 13.6 Å². The van der Waals surface area contributed by atoms with Crippen LogP contribution >= 0.6 is 11.6 Å². The standard InChI is InChI=1S/C15H12ClF2NO/c1-2-9-3-5-10(6-4-9)19-15(20)11-7-13(17)14(18)8-12(11)16/h3-8H,2H2,1H3,(H,19,20). The van der Waals surface area contributed by atoms with Crippen LogP contribution < -0.4 is 5.32 Å². The maximum atomic E-state index is 13.1. The molecule has 0 saturated heterocycles. The number of aryl methyl sites for hydroxylation is 1. The molecule has 0 heterocycles. The van der Waals surface area contributed by atoms with Gasteiger partial charge in [0, 0.05) is 5.69 Å². The third-order valence-electron chi connectivity index (χ3n) is 2.87. The minimum atomic E-state index is -1.11. The van der Waals surface area contributed by atoms with Gasteiger partial charge in [-0.3, -0.25) is 4.79 Å². The van der Waals surface area contributed by atoms with Crippen LogP contribution in [0, 0.1) is 11.6 Å². The monoisotopic (exact) mass is 295 g/mol. The summed E-state index contributed by atoms with van der Waals surface area (Å²) in [4.78, 5) is 12.0. The minimum Gasteiger partial charge on any atom is -0.322 e. The fourth-order valence-corrected chi connectivity index (χ4v) is 1.95. The summed E-state index contributed by atoms with van der Waals surface area (Å²) in [6.45, 7) is 2.02. The highest BCUT2D eigenvalue weighted by Gasteiger charge is 2.15. The summed E-state index contributed by atoms with van der Waals surface area (Å²) in [5.74, 6) is -2.78. The van der Waals surface area contributed by atoms with E-state index in [1.807, 2.05) is 19.1 Å². The molecule has 0 aliphatic rings. The predicted octanol–water partition coefficient (Wildman–Crippen LogP) is 4.43. The van der Waals surface area contributed by atoms with E-state index in [2.05, 4.69) is 5.32 Å². The Kier molecular flexibility index (Phi) is 4.35. The van der Waals surface area contributed by atoms with E-state index in [1.165, 1.54) is 0 Å². The van der Waals surface area contributed by atoms with Crippen molar-refractivity contribution in [3.8, 4) is 0 Å². The van der Waals surface area contributed by atoms with Crippen molar-refractivity contribution in [2.75, 3.05) is 5.32 Å². The number of carbonyl (C=O) groups is 1. The molecule has 0 radical (unpaired) electrons. The molecule has 104 valence electrons. The van der Waals surface area contributed by atoms with Crippen molar-refractivity contribution in [3.63, 3.8) is 0 Å². The topological polar surface area (TPSA) is 29.1 Å². The van der Waals surface area contributed by atoms with E-state index >= 15 is 0 Å². The van der Waals surface area contributed by atoms with Crippen LogP contribution in [0.2, 0.25) is 5.02 Å². The van der Waals surface area contributed by atoms with Crippen LogP contribution in [0.25, 0.3) is 0 Å². The van der Waals surface area contributed by atoms with Gasteiger partial charge in [0.1, 0.15) is 0 Å². The number of carbonyl (C=O) groups excluding carboxylic acids is 1. The average molecular weight is 296 g/mol. The normalized spacial score (nSPS) is 10.4. The van der Waals surface area contributed by atoms with Gasteiger partial charge >= 0.3 is 0 Å². The lowest BCUT2D eigenvalue weighted by molar-refractivity contribution is 0.102. The van der Waals surface area contributed by atoms with Crippen molar-refractivity contribution in [1.29, 1.82) is 0 Å². The molecule has 0 fully saturated rings. The van der Waals surface area contributed by atoms with E-state index in [0.717, 1.165) is 24.1 Å². The van der Waals surface area contributed by atoms with Crippen LogP contribution in [0.3, 0.4) is 0 Å². The number of anilines is 1. The number of benzene rings is 2. The molecule has 2 aromatic rings. The molecule has 0 atom stereocenters. The third kappa shape index (κ3) is 3.14. The molecule has 5 heteroatoms. The Morgan fingerprint density at radius 2 is 1.75 bits per heavy atom. The molecular weight excluding hydrogens is 284 g/mol. The lowest BCUT2D eigenvalue weighted by Crippen LogP contribution is -2.13. The van der Waals surface area contributed by atoms with Gasteiger partial charge in [0.15, 0.2) is 11.6 Å². The van der Waals surface area contributed by atoms with Crippen LogP contribution in [-0.4, -0.2) is 5.91 Å². The Morgan fingerprint density at radius 1 is 1.15 bits per heavy atom. The molecule has 0 aliphatic heterocycles. The highest BCUT2D eigenvalue weighted by molar-refractivity contribution is 6.34. The summed E-state index contributed by atoms with van der Waals surface area (Å²) in [7, 11) is 0. The molecular formula is C15H12ClF2NO. The van der Waals surface area contributed by atoms with Crippen molar-refractivity contribution in [3.05, 3.63) is 64.2 Å². The van der Waals surface area contributed by atoms with Gasteiger partial charge in [-0.25, -0.2) is 8.78 Å². The lowest BCUT2D eigenvalue weighted by Gasteiger charge is -2.08. The quantitative estimate of drug-likeness (QED) is 0.834. The molecule has 2 aromatic carbocycles. The summed E-state index contributed by atoms with van der Waals surface area (Å²) in [6, 6.07) is 8.80. The van der Waals surface area contributed by atoms with Gasteiger partial charge in [-0.2, -0.15) is 0 Å². The minimum absolute atomic E-state index is 0.106. The second-order valence-corrected chi connectivity index (χ2v) is 4.66. The average Bonchev–Trinajstić information content (AvgIpc) is 2.43. The zero-order valence-electron chi connectivity index (χ0n) is 10.7. The van der Waals surface area contributed by atoms with Gasteiger partial charge in [0.25, 0.3) is 5.91 Å². The Morgan fingerprint density at radius 3 is 2.35 bits per heavy atom.